The molecule has 1 aromatic carbocycles. The Morgan fingerprint density at radius 2 is 2.00 bits per heavy atom. The first-order valence-corrected chi connectivity index (χ1v) is 9.23. The first-order valence-electron chi connectivity index (χ1n) is 9.23. The van der Waals surface area contributed by atoms with E-state index in [1.165, 1.54) is 12.8 Å². The van der Waals surface area contributed by atoms with Crippen molar-refractivity contribution in [1.82, 2.24) is 14.9 Å². The molecule has 1 fully saturated rings. The highest BCUT2D eigenvalue weighted by Gasteiger charge is 2.25. The zero-order chi connectivity index (χ0) is 17.9. The van der Waals surface area contributed by atoms with E-state index in [2.05, 4.69) is 20.2 Å². The SMILES string of the molecule is Cc1c(NC(=O)C(CN2CCCC2)c2ccccc2)cnc2[nH]ccc12. The van der Waals surface area contributed by atoms with Crippen LogP contribution in [0.3, 0.4) is 0 Å². The Balaban J connectivity index is 1.59. The number of hydrogen-bond acceptors (Lipinski definition) is 3. The molecule has 0 saturated carbocycles. The van der Waals surface area contributed by atoms with Crippen molar-refractivity contribution in [3.63, 3.8) is 0 Å². The number of aromatic amines is 1. The van der Waals surface area contributed by atoms with Crippen molar-refractivity contribution in [3.05, 3.63) is 59.9 Å². The van der Waals surface area contributed by atoms with E-state index in [0.29, 0.717) is 0 Å². The number of nitrogens with one attached hydrogen (secondary N) is 2. The maximum atomic E-state index is 13.2. The summed E-state index contributed by atoms with van der Waals surface area (Å²) in [5, 5.41) is 4.16. The number of nitrogens with zero attached hydrogens (tertiary/aromatic N) is 2. The normalized spacial score (nSPS) is 16.0. The van der Waals surface area contributed by atoms with Crippen LogP contribution in [0.1, 0.15) is 29.9 Å². The molecule has 5 nitrogen and oxygen atoms in total. The molecule has 0 aliphatic carbocycles. The molecule has 1 atom stereocenters. The highest BCUT2D eigenvalue weighted by atomic mass is 16.1. The number of aryl methyl sites for hydroxylation is 1. The van der Waals surface area contributed by atoms with Crippen LogP contribution in [-0.4, -0.2) is 40.4 Å². The van der Waals surface area contributed by atoms with Gasteiger partial charge >= 0.3 is 0 Å². The predicted octanol–water partition coefficient (Wildman–Crippen LogP) is 3.69. The second kappa shape index (κ2) is 7.30. The molecule has 2 aromatic heterocycles. The average molecular weight is 348 g/mol. The molecule has 134 valence electrons. The maximum absolute atomic E-state index is 13.2. The van der Waals surface area contributed by atoms with Crippen LogP contribution in [0.2, 0.25) is 0 Å². The molecule has 0 spiro atoms. The van der Waals surface area contributed by atoms with E-state index < -0.39 is 0 Å². The van der Waals surface area contributed by atoms with E-state index in [-0.39, 0.29) is 11.8 Å². The number of carbonyl (C=O) groups excluding carboxylic acids is 1. The van der Waals surface area contributed by atoms with Gasteiger partial charge in [-0.05, 0) is 50.0 Å². The molecule has 1 unspecified atom stereocenters. The van der Waals surface area contributed by atoms with E-state index in [9.17, 15) is 4.79 Å². The standard InChI is InChI=1S/C21H24N4O/c1-15-17-9-10-22-20(17)23-13-19(15)24-21(26)18(14-25-11-5-6-12-25)16-7-3-2-4-8-16/h2-4,7-10,13,18H,5-6,11-12,14H2,1H3,(H,22,23)(H,24,26). The van der Waals surface area contributed by atoms with Crippen LogP contribution in [0.25, 0.3) is 11.0 Å². The number of pyridine rings is 1. The number of hydrogen-bond donors (Lipinski definition) is 2. The van der Waals surface area contributed by atoms with Crippen LogP contribution in [0.5, 0.6) is 0 Å². The molecule has 0 radical (unpaired) electrons. The summed E-state index contributed by atoms with van der Waals surface area (Å²) in [5.41, 5.74) is 3.73. The number of fused-ring (bicyclic) bond motifs is 1. The van der Waals surface area contributed by atoms with Gasteiger partial charge in [-0.15, -0.1) is 0 Å². The fourth-order valence-corrected chi connectivity index (χ4v) is 3.74. The molecule has 3 heterocycles. The number of amides is 1. The van der Waals surface area contributed by atoms with Crippen molar-refractivity contribution in [1.29, 1.82) is 0 Å². The molecular formula is C21H24N4O. The van der Waals surface area contributed by atoms with Gasteiger partial charge in [-0.25, -0.2) is 4.98 Å². The first kappa shape index (κ1) is 16.8. The van der Waals surface area contributed by atoms with Crippen LogP contribution < -0.4 is 5.32 Å². The molecule has 2 N–H and O–H groups in total. The van der Waals surface area contributed by atoms with E-state index in [4.69, 9.17) is 0 Å². The molecule has 1 aliphatic heterocycles. The number of aromatic nitrogens is 2. The van der Waals surface area contributed by atoms with Crippen molar-refractivity contribution in [3.8, 4) is 0 Å². The van der Waals surface area contributed by atoms with Crippen molar-refractivity contribution in [2.45, 2.75) is 25.7 Å². The Labute approximate surface area is 153 Å². The van der Waals surface area contributed by atoms with Crippen molar-refractivity contribution in [2.75, 3.05) is 25.0 Å². The number of anilines is 1. The van der Waals surface area contributed by atoms with Gasteiger partial charge in [0.2, 0.25) is 5.91 Å². The Bertz CT molecular complexity index is 897. The largest absolute Gasteiger partial charge is 0.346 e. The van der Waals surface area contributed by atoms with Crippen LogP contribution in [0, 0.1) is 6.92 Å². The third-order valence-corrected chi connectivity index (χ3v) is 5.27. The van der Waals surface area contributed by atoms with Crippen molar-refractivity contribution >= 4 is 22.6 Å². The average Bonchev–Trinajstić information content (AvgIpc) is 3.34. The number of H-pyrrole nitrogens is 1. The van der Waals surface area contributed by atoms with Gasteiger partial charge in [0.1, 0.15) is 5.65 Å². The minimum atomic E-state index is -0.185. The maximum Gasteiger partial charge on any atom is 0.233 e. The van der Waals surface area contributed by atoms with Gasteiger partial charge in [-0.3, -0.25) is 4.79 Å². The van der Waals surface area contributed by atoms with Gasteiger partial charge in [0.15, 0.2) is 0 Å². The Kier molecular flexibility index (Phi) is 4.71. The summed E-state index contributed by atoms with van der Waals surface area (Å²) in [6.45, 7) is 4.93. The fourth-order valence-electron chi connectivity index (χ4n) is 3.74. The highest BCUT2D eigenvalue weighted by molar-refractivity contribution is 5.98. The first-order chi connectivity index (χ1) is 12.7. The van der Waals surface area contributed by atoms with E-state index in [0.717, 1.165) is 47.5 Å². The minimum absolute atomic E-state index is 0.0304. The molecule has 1 amide bonds. The number of likely N-dealkylation sites (tertiary alicyclic amines) is 1. The smallest absolute Gasteiger partial charge is 0.233 e. The Morgan fingerprint density at radius 1 is 1.23 bits per heavy atom. The topological polar surface area (TPSA) is 61.0 Å². The quantitative estimate of drug-likeness (QED) is 0.739. The summed E-state index contributed by atoms with van der Waals surface area (Å²) in [6.07, 6.45) is 6.05. The molecule has 5 heteroatoms. The monoisotopic (exact) mass is 348 g/mol. The summed E-state index contributed by atoms with van der Waals surface area (Å²) in [7, 11) is 0. The number of rotatable bonds is 5. The van der Waals surface area contributed by atoms with Crippen LogP contribution >= 0.6 is 0 Å². The summed E-state index contributed by atoms with van der Waals surface area (Å²) in [6, 6.07) is 12.1. The lowest BCUT2D eigenvalue weighted by Crippen LogP contribution is -2.33. The van der Waals surface area contributed by atoms with Gasteiger partial charge in [-0.2, -0.15) is 0 Å². The van der Waals surface area contributed by atoms with Gasteiger partial charge in [0.05, 0.1) is 17.8 Å². The molecule has 26 heavy (non-hydrogen) atoms. The summed E-state index contributed by atoms with van der Waals surface area (Å²) in [4.78, 5) is 23.1. The van der Waals surface area contributed by atoms with E-state index in [1.807, 2.05) is 49.5 Å². The van der Waals surface area contributed by atoms with Crippen molar-refractivity contribution < 1.29 is 4.79 Å². The molecule has 0 bridgehead atoms. The number of benzene rings is 1. The second-order valence-electron chi connectivity index (χ2n) is 7.00. The lowest BCUT2D eigenvalue weighted by molar-refractivity contribution is -0.118. The summed E-state index contributed by atoms with van der Waals surface area (Å²) < 4.78 is 0. The molecular weight excluding hydrogens is 324 g/mol. The summed E-state index contributed by atoms with van der Waals surface area (Å²) >= 11 is 0. The van der Waals surface area contributed by atoms with Gasteiger partial charge in [-0.1, -0.05) is 30.3 Å². The lowest BCUT2D eigenvalue weighted by atomic mass is 9.97. The van der Waals surface area contributed by atoms with E-state index in [1.54, 1.807) is 6.20 Å². The fraction of sp³-hybridized carbons (Fsp3) is 0.333. The number of carbonyl (C=O) groups is 1. The summed E-state index contributed by atoms with van der Waals surface area (Å²) in [5.74, 6) is -0.154. The van der Waals surface area contributed by atoms with Crippen LogP contribution in [0.4, 0.5) is 5.69 Å². The minimum Gasteiger partial charge on any atom is -0.346 e. The molecule has 1 aliphatic rings. The third kappa shape index (κ3) is 3.35. The van der Waals surface area contributed by atoms with Gasteiger partial charge in [0, 0.05) is 18.1 Å². The third-order valence-electron chi connectivity index (χ3n) is 5.27. The Morgan fingerprint density at radius 3 is 2.77 bits per heavy atom. The Hall–Kier alpha value is -2.66. The second-order valence-corrected chi connectivity index (χ2v) is 7.00. The predicted molar refractivity (Wildman–Crippen MR) is 104 cm³/mol. The molecule has 1 saturated heterocycles. The molecule has 4 rings (SSSR count). The lowest BCUT2D eigenvalue weighted by Gasteiger charge is -2.23. The molecule has 3 aromatic rings. The van der Waals surface area contributed by atoms with Crippen LogP contribution in [0.15, 0.2) is 48.8 Å². The van der Waals surface area contributed by atoms with Gasteiger partial charge in [0.25, 0.3) is 0 Å². The highest BCUT2D eigenvalue weighted by Crippen LogP contribution is 2.26. The van der Waals surface area contributed by atoms with E-state index >= 15 is 0 Å². The zero-order valence-corrected chi connectivity index (χ0v) is 15.0. The van der Waals surface area contributed by atoms with Crippen molar-refractivity contribution in [2.24, 2.45) is 0 Å². The van der Waals surface area contributed by atoms with Gasteiger partial charge < -0.3 is 15.2 Å². The van der Waals surface area contributed by atoms with Crippen LogP contribution in [-0.2, 0) is 4.79 Å². The zero-order valence-electron chi connectivity index (χ0n) is 15.0.